The first-order chi connectivity index (χ1) is 13.5. The molecular formula is C20H25F2N3O3. The predicted molar refractivity (Wildman–Crippen MR) is 99.8 cm³/mol. The van der Waals surface area contributed by atoms with Crippen LogP contribution in [0.1, 0.15) is 56.0 Å². The molecule has 2 aromatic rings. The highest BCUT2D eigenvalue weighted by molar-refractivity contribution is 5.75. The SMILES string of the molecule is CCOc1ccc(CNC(=O)Cn2nc(C(F)F)cc2C2CC2)cc1OCC. The molecule has 1 saturated carbocycles. The molecule has 1 aromatic heterocycles. The van der Waals surface area contributed by atoms with Crippen LogP contribution in [0.3, 0.4) is 0 Å². The van der Waals surface area contributed by atoms with E-state index in [1.807, 2.05) is 32.0 Å². The Hall–Kier alpha value is -2.64. The van der Waals surface area contributed by atoms with Crippen LogP contribution in [0.5, 0.6) is 11.5 Å². The maximum absolute atomic E-state index is 12.9. The van der Waals surface area contributed by atoms with Crippen molar-refractivity contribution in [1.82, 2.24) is 15.1 Å². The molecule has 1 N–H and O–H groups in total. The van der Waals surface area contributed by atoms with Crippen molar-refractivity contribution in [2.75, 3.05) is 13.2 Å². The predicted octanol–water partition coefficient (Wildman–Crippen LogP) is 3.81. The van der Waals surface area contributed by atoms with Gasteiger partial charge in [-0.2, -0.15) is 5.10 Å². The topological polar surface area (TPSA) is 65.4 Å². The molecule has 1 amide bonds. The van der Waals surface area contributed by atoms with Crippen LogP contribution in [-0.2, 0) is 17.9 Å². The zero-order valence-electron chi connectivity index (χ0n) is 16.1. The molecule has 28 heavy (non-hydrogen) atoms. The third-order valence-electron chi connectivity index (χ3n) is 4.44. The largest absolute Gasteiger partial charge is 0.490 e. The van der Waals surface area contributed by atoms with Crippen molar-refractivity contribution in [3.63, 3.8) is 0 Å². The van der Waals surface area contributed by atoms with Gasteiger partial charge in [-0.15, -0.1) is 0 Å². The number of carbonyl (C=O) groups is 1. The lowest BCUT2D eigenvalue weighted by molar-refractivity contribution is -0.122. The molecule has 0 aliphatic heterocycles. The molecule has 8 heteroatoms. The molecule has 152 valence electrons. The third-order valence-corrected chi connectivity index (χ3v) is 4.44. The summed E-state index contributed by atoms with van der Waals surface area (Å²) in [5.74, 6) is 1.23. The molecule has 0 bridgehead atoms. The summed E-state index contributed by atoms with van der Waals surface area (Å²) in [7, 11) is 0. The minimum Gasteiger partial charge on any atom is -0.490 e. The summed E-state index contributed by atoms with van der Waals surface area (Å²) in [5.41, 5.74) is 1.30. The molecule has 1 aromatic carbocycles. The minimum atomic E-state index is -2.64. The summed E-state index contributed by atoms with van der Waals surface area (Å²) >= 11 is 0. The Kier molecular flexibility index (Phi) is 6.49. The van der Waals surface area contributed by atoms with Gasteiger partial charge < -0.3 is 14.8 Å². The van der Waals surface area contributed by atoms with Gasteiger partial charge in [-0.25, -0.2) is 8.78 Å². The van der Waals surface area contributed by atoms with Crippen LogP contribution in [0.2, 0.25) is 0 Å². The first-order valence-corrected chi connectivity index (χ1v) is 9.52. The van der Waals surface area contributed by atoms with Gasteiger partial charge in [0.2, 0.25) is 5.91 Å². The number of halogens is 2. The average Bonchev–Trinajstić information content (AvgIpc) is 3.42. The van der Waals surface area contributed by atoms with Crippen LogP contribution in [-0.4, -0.2) is 28.9 Å². The number of rotatable bonds is 10. The average molecular weight is 393 g/mol. The van der Waals surface area contributed by atoms with E-state index in [2.05, 4.69) is 10.4 Å². The van der Waals surface area contributed by atoms with E-state index in [-0.39, 0.29) is 24.1 Å². The van der Waals surface area contributed by atoms with Crippen molar-refractivity contribution in [3.8, 4) is 11.5 Å². The normalized spacial score (nSPS) is 13.6. The van der Waals surface area contributed by atoms with E-state index in [4.69, 9.17) is 9.47 Å². The fraction of sp³-hybridized carbons (Fsp3) is 0.500. The quantitative estimate of drug-likeness (QED) is 0.667. The Morgan fingerprint density at radius 3 is 2.57 bits per heavy atom. The van der Waals surface area contributed by atoms with E-state index in [0.29, 0.717) is 37.0 Å². The van der Waals surface area contributed by atoms with Gasteiger partial charge in [0.15, 0.2) is 11.5 Å². The molecule has 0 unspecified atom stereocenters. The molecule has 6 nitrogen and oxygen atoms in total. The fourth-order valence-electron chi connectivity index (χ4n) is 2.99. The summed E-state index contributed by atoms with van der Waals surface area (Å²) < 4.78 is 38.4. The van der Waals surface area contributed by atoms with Crippen LogP contribution in [0.25, 0.3) is 0 Å². The lowest BCUT2D eigenvalue weighted by Crippen LogP contribution is -2.28. The number of benzene rings is 1. The summed E-state index contributed by atoms with van der Waals surface area (Å²) in [6.45, 7) is 5.05. The maximum atomic E-state index is 12.9. The summed E-state index contributed by atoms with van der Waals surface area (Å²) in [5, 5.41) is 6.72. The molecule has 1 aliphatic rings. The number of ether oxygens (including phenoxy) is 2. The smallest absolute Gasteiger partial charge is 0.282 e. The van der Waals surface area contributed by atoms with Crippen molar-refractivity contribution in [1.29, 1.82) is 0 Å². The first kappa shape index (κ1) is 20.1. The minimum absolute atomic E-state index is 0.0755. The second-order valence-corrected chi connectivity index (χ2v) is 6.65. The van der Waals surface area contributed by atoms with Gasteiger partial charge in [0.05, 0.1) is 13.2 Å². The summed E-state index contributed by atoms with van der Waals surface area (Å²) in [4.78, 5) is 12.3. The van der Waals surface area contributed by atoms with Gasteiger partial charge in [-0.05, 0) is 50.5 Å². The number of nitrogens with zero attached hydrogens (tertiary/aromatic N) is 2. The Morgan fingerprint density at radius 2 is 1.93 bits per heavy atom. The van der Waals surface area contributed by atoms with Crippen molar-refractivity contribution in [3.05, 3.63) is 41.2 Å². The van der Waals surface area contributed by atoms with Crippen LogP contribution >= 0.6 is 0 Å². The standard InChI is InChI=1S/C20H25F2N3O3/c1-3-27-17-8-5-13(9-18(17)28-4-2)11-23-19(26)12-25-16(14-6-7-14)10-15(24-25)20(21)22/h5,8-10,14,20H,3-4,6-7,11-12H2,1-2H3,(H,23,26). The summed E-state index contributed by atoms with van der Waals surface area (Å²) in [6, 6.07) is 6.90. The number of carbonyl (C=O) groups excluding carboxylic acids is 1. The van der Waals surface area contributed by atoms with Gasteiger partial charge in [0.25, 0.3) is 6.43 Å². The molecule has 0 atom stereocenters. The molecule has 1 fully saturated rings. The second-order valence-electron chi connectivity index (χ2n) is 6.65. The summed E-state index contributed by atoms with van der Waals surface area (Å²) in [6.07, 6.45) is -0.743. The third kappa shape index (κ3) is 4.99. The zero-order chi connectivity index (χ0) is 20.1. The van der Waals surface area contributed by atoms with Crippen LogP contribution in [0.15, 0.2) is 24.3 Å². The Labute approximate surface area is 162 Å². The van der Waals surface area contributed by atoms with E-state index >= 15 is 0 Å². The van der Waals surface area contributed by atoms with E-state index < -0.39 is 6.43 Å². The number of amides is 1. The fourth-order valence-corrected chi connectivity index (χ4v) is 2.99. The Balaban J connectivity index is 1.62. The monoisotopic (exact) mass is 393 g/mol. The molecular weight excluding hydrogens is 368 g/mol. The Bertz CT molecular complexity index is 819. The highest BCUT2D eigenvalue weighted by atomic mass is 19.3. The van der Waals surface area contributed by atoms with Crippen LogP contribution in [0, 0.1) is 0 Å². The highest BCUT2D eigenvalue weighted by Gasteiger charge is 2.30. The highest BCUT2D eigenvalue weighted by Crippen LogP contribution is 2.41. The van der Waals surface area contributed by atoms with Crippen LogP contribution < -0.4 is 14.8 Å². The van der Waals surface area contributed by atoms with Gasteiger partial charge in [0, 0.05) is 18.2 Å². The van der Waals surface area contributed by atoms with Crippen molar-refractivity contribution in [2.24, 2.45) is 0 Å². The number of hydrogen-bond acceptors (Lipinski definition) is 4. The zero-order valence-corrected chi connectivity index (χ0v) is 16.1. The van der Waals surface area contributed by atoms with Crippen molar-refractivity contribution in [2.45, 2.75) is 52.1 Å². The molecule has 0 radical (unpaired) electrons. The molecule has 0 saturated heterocycles. The van der Waals surface area contributed by atoms with E-state index in [1.54, 1.807) is 0 Å². The molecule has 0 spiro atoms. The molecule has 1 aliphatic carbocycles. The van der Waals surface area contributed by atoms with Gasteiger partial charge in [-0.3, -0.25) is 9.48 Å². The Morgan fingerprint density at radius 1 is 1.21 bits per heavy atom. The number of hydrogen-bond donors (Lipinski definition) is 1. The van der Waals surface area contributed by atoms with E-state index in [0.717, 1.165) is 18.4 Å². The van der Waals surface area contributed by atoms with Gasteiger partial charge in [-0.1, -0.05) is 6.07 Å². The number of nitrogens with one attached hydrogen (secondary N) is 1. The van der Waals surface area contributed by atoms with Crippen molar-refractivity contribution >= 4 is 5.91 Å². The second kappa shape index (κ2) is 9.03. The molecule has 3 rings (SSSR count). The number of alkyl halides is 2. The molecule has 1 heterocycles. The van der Waals surface area contributed by atoms with Crippen LogP contribution in [0.4, 0.5) is 8.78 Å². The van der Waals surface area contributed by atoms with Gasteiger partial charge in [0.1, 0.15) is 12.2 Å². The van der Waals surface area contributed by atoms with E-state index in [9.17, 15) is 13.6 Å². The van der Waals surface area contributed by atoms with Gasteiger partial charge >= 0.3 is 0 Å². The maximum Gasteiger partial charge on any atom is 0.282 e. The van der Waals surface area contributed by atoms with Crippen molar-refractivity contribution < 1.29 is 23.0 Å². The number of aromatic nitrogens is 2. The lowest BCUT2D eigenvalue weighted by Gasteiger charge is -2.13. The first-order valence-electron chi connectivity index (χ1n) is 9.52. The lowest BCUT2D eigenvalue weighted by atomic mass is 10.2. The van der Waals surface area contributed by atoms with E-state index in [1.165, 1.54) is 10.7 Å².